The van der Waals surface area contributed by atoms with Gasteiger partial charge in [-0.25, -0.2) is 9.48 Å². The number of hydrogen-bond acceptors (Lipinski definition) is 4. The minimum Gasteiger partial charge on any atom is -0.477 e. The number of nitrogens with zero attached hydrogens (tertiary/aromatic N) is 2. The van der Waals surface area contributed by atoms with Crippen LogP contribution < -0.4 is 5.32 Å². The van der Waals surface area contributed by atoms with E-state index < -0.39 is 5.97 Å². The molecule has 7 heteroatoms. The van der Waals surface area contributed by atoms with Crippen molar-refractivity contribution in [2.45, 2.75) is 19.5 Å². The minimum atomic E-state index is -1.11. The van der Waals surface area contributed by atoms with Crippen LogP contribution in [0.3, 0.4) is 0 Å². The number of nitrogens with one attached hydrogen (secondary N) is 1. The highest BCUT2D eigenvalue weighted by Gasteiger charge is 2.14. The fraction of sp³-hybridized carbons (Fsp3) is 0.500. The molecule has 17 heavy (non-hydrogen) atoms. The Balaban J connectivity index is 2.56. The number of hydrogen-bond donors (Lipinski definition) is 2. The second-order valence-electron chi connectivity index (χ2n) is 3.60. The zero-order valence-electron chi connectivity index (χ0n) is 9.71. The molecular weight excluding hydrogens is 226 g/mol. The monoisotopic (exact) mass is 241 g/mol. The molecule has 1 aromatic rings. The van der Waals surface area contributed by atoms with Crippen molar-refractivity contribution >= 4 is 11.9 Å². The molecule has 7 nitrogen and oxygen atoms in total. The van der Waals surface area contributed by atoms with Gasteiger partial charge in [0.1, 0.15) is 12.2 Å². The molecule has 0 aliphatic heterocycles. The highest BCUT2D eigenvalue weighted by molar-refractivity contribution is 5.86. The Kier molecular flexibility index (Phi) is 4.65. The molecule has 0 aliphatic rings. The van der Waals surface area contributed by atoms with Crippen molar-refractivity contribution < 1.29 is 19.4 Å². The molecule has 2 N–H and O–H groups in total. The maximum Gasteiger partial charge on any atom is 0.354 e. The molecule has 1 aromatic heterocycles. The van der Waals surface area contributed by atoms with Crippen molar-refractivity contribution in [3.63, 3.8) is 0 Å². The van der Waals surface area contributed by atoms with Gasteiger partial charge in [-0.15, -0.1) is 0 Å². The summed E-state index contributed by atoms with van der Waals surface area (Å²) in [6, 6.07) is 1.21. The quantitative estimate of drug-likeness (QED) is 0.715. The summed E-state index contributed by atoms with van der Waals surface area (Å²) >= 11 is 0. The Morgan fingerprint density at radius 2 is 2.35 bits per heavy atom. The van der Waals surface area contributed by atoms with Crippen LogP contribution in [0.15, 0.2) is 12.3 Å². The first-order valence-electron chi connectivity index (χ1n) is 5.08. The molecule has 1 unspecified atom stereocenters. The summed E-state index contributed by atoms with van der Waals surface area (Å²) in [4.78, 5) is 22.3. The number of carboxylic acids is 1. The summed E-state index contributed by atoms with van der Waals surface area (Å²) in [6.45, 7) is 2.07. The maximum absolute atomic E-state index is 11.6. The van der Waals surface area contributed by atoms with Gasteiger partial charge in [0.2, 0.25) is 5.91 Å². The fourth-order valence-electron chi connectivity index (χ4n) is 1.39. The van der Waals surface area contributed by atoms with E-state index in [1.54, 1.807) is 14.0 Å². The second-order valence-corrected chi connectivity index (χ2v) is 3.60. The summed E-state index contributed by atoms with van der Waals surface area (Å²) < 4.78 is 6.01. The molecule has 0 aromatic carbocycles. The smallest absolute Gasteiger partial charge is 0.354 e. The number of carbonyl (C=O) groups is 2. The Morgan fingerprint density at radius 1 is 1.65 bits per heavy atom. The van der Waals surface area contributed by atoms with Gasteiger partial charge in [-0.2, -0.15) is 5.10 Å². The third-order valence-corrected chi connectivity index (χ3v) is 2.05. The van der Waals surface area contributed by atoms with Crippen molar-refractivity contribution in [1.82, 2.24) is 15.1 Å². The molecule has 94 valence electrons. The third-order valence-electron chi connectivity index (χ3n) is 2.05. The SMILES string of the molecule is COCC(C)NC(=O)Cn1nccc1C(=O)O. The lowest BCUT2D eigenvalue weighted by molar-refractivity contribution is -0.122. The standard InChI is InChI=1S/C10H15N3O4/c1-7(6-17-2)12-9(14)5-13-8(10(15)16)3-4-11-13/h3-4,7H,5-6H2,1-2H3,(H,12,14)(H,15,16). The van der Waals surface area contributed by atoms with Crippen LogP contribution in [0, 0.1) is 0 Å². The predicted molar refractivity (Wildman–Crippen MR) is 58.7 cm³/mol. The average molecular weight is 241 g/mol. The van der Waals surface area contributed by atoms with Gasteiger partial charge in [0.25, 0.3) is 0 Å². The number of amides is 1. The number of aromatic nitrogens is 2. The van der Waals surface area contributed by atoms with Crippen molar-refractivity contribution in [3.8, 4) is 0 Å². The topological polar surface area (TPSA) is 93.5 Å². The molecule has 1 amide bonds. The van der Waals surface area contributed by atoms with Crippen LogP contribution in [0.2, 0.25) is 0 Å². The van der Waals surface area contributed by atoms with E-state index >= 15 is 0 Å². The second kappa shape index (κ2) is 6.00. The first kappa shape index (κ1) is 13.2. The highest BCUT2D eigenvalue weighted by atomic mass is 16.5. The Labute approximate surface area is 98.4 Å². The van der Waals surface area contributed by atoms with Gasteiger partial charge >= 0.3 is 5.97 Å². The molecule has 0 bridgehead atoms. The van der Waals surface area contributed by atoms with Gasteiger partial charge < -0.3 is 15.2 Å². The van der Waals surface area contributed by atoms with Crippen LogP contribution in [0.4, 0.5) is 0 Å². The van der Waals surface area contributed by atoms with Crippen molar-refractivity contribution in [1.29, 1.82) is 0 Å². The van der Waals surface area contributed by atoms with Gasteiger partial charge in [-0.3, -0.25) is 4.79 Å². The van der Waals surface area contributed by atoms with Gasteiger partial charge in [0, 0.05) is 19.3 Å². The molecule has 0 spiro atoms. The van der Waals surface area contributed by atoms with E-state index in [4.69, 9.17) is 9.84 Å². The molecule has 0 radical (unpaired) electrons. The minimum absolute atomic E-state index is 0.0143. The molecule has 1 atom stereocenters. The van der Waals surface area contributed by atoms with Crippen LogP contribution in [0.5, 0.6) is 0 Å². The molecule has 0 fully saturated rings. The van der Waals surface area contributed by atoms with Crippen LogP contribution in [-0.2, 0) is 16.1 Å². The molecule has 1 heterocycles. The average Bonchev–Trinajstić information content (AvgIpc) is 2.65. The Morgan fingerprint density at radius 3 is 2.94 bits per heavy atom. The van der Waals surface area contributed by atoms with E-state index in [9.17, 15) is 9.59 Å². The van der Waals surface area contributed by atoms with Gasteiger partial charge in [0.15, 0.2) is 0 Å². The molecular formula is C10H15N3O4. The van der Waals surface area contributed by atoms with E-state index in [2.05, 4.69) is 10.4 Å². The maximum atomic E-state index is 11.6. The van der Waals surface area contributed by atoms with E-state index in [1.807, 2.05) is 0 Å². The van der Waals surface area contributed by atoms with Crippen molar-refractivity contribution in [2.24, 2.45) is 0 Å². The lowest BCUT2D eigenvalue weighted by Gasteiger charge is -2.13. The number of aromatic carboxylic acids is 1. The molecule has 0 aliphatic carbocycles. The normalized spacial score (nSPS) is 12.1. The number of rotatable bonds is 6. The first-order chi connectivity index (χ1) is 8.04. The van der Waals surface area contributed by atoms with Gasteiger partial charge in [-0.05, 0) is 13.0 Å². The summed E-state index contributed by atoms with van der Waals surface area (Å²) in [7, 11) is 1.54. The summed E-state index contributed by atoms with van der Waals surface area (Å²) in [5.74, 6) is -1.42. The number of carbonyl (C=O) groups excluding carboxylic acids is 1. The Hall–Kier alpha value is -1.89. The highest BCUT2D eigenvalue weighted by Crippen LogP contribution is 1.98. The van der Waals surface area contributed by atoms with Crippen molar-refractivity contribution in [2.75, 3.05) is 13.7 Å². The third kappa shape index (κ3) is 3.87. The Bertz CT molecular complexity index is 402. The van der Waals surface area contributed by atoms with Crippen LogP contribution in [-0.4, -0.2) is 46.5 Å². The zero-order valence-corrected chi connectivity index (χ0v) is 9.71. The number of carboxylic acid groups (broad SMARTS) is 1. The van der Waals surface area contributed by atoms with E-state index in [0.717, 1.165) is 4.68 Å². The van der Waals surface area contributed by atoms with Crippen molar-refractivity contribution in [3.05, 3.63) is 18.0 Å². The lowest BCUT2D eigenvalue weighted by Crippen LogP contribution is -2.38. The van der Waals surface area contributed by atoms with Crippen LogP contribution in [0.1, 0.15) is 17.4 Å². The van der Waals surface area contributed by atoms with Crippen LogP contribution >= 0.6 is 0 Å². The van der Waals surface area contributed by atoms with E-state index in [0.29, 0.717) is 6.61 Å². The lowest BCUT2D eigenvalue weighted by atomic mass is 10.3. The molecule has 0 saturated heterocycles. The van der Waals surface area contributed by atoms with Crippen LogP contribution in [0.25, 0.3) is 0 Å². The number of ether oxygens (including phenoxy) is 1. The summed E-state index contributed by atoms with van der Waals surface area (Å²) in [6.07, 6.45) is 1.34. The first-order valence-corrected chi connectivity index (χ1v) is 5.08. The van der Waals surface area contributed by atoms with Gasteiger partial charge in [0.05, 0.1) is 6.61 Å². The summed E-state index contributed by atoms with van der Waals surface area (Å²) in [5, 5.41) is 15.3. The summed E-state index contributed by atoms with van der Waals surface area (Å²) in [5.41, 5.74) is -0.0143. The molecule has 1 rings (SSSR count). The largest absolute Gasteiger partial charge is 0.477 e. The van der Waals surface area contributed by atoms with E-state index in [1.165, 1.54) is 12.3 Å². The molecule has 0 saturated carbocycles. The number of methoxy groups -OCH3 is 1. The predicted octanol–water partition coefficient (Wildman–Crippen LogP) is -0.268. The zero-order chi connectivity index (χ0) is 12.8. The van der Waals surface area contributed by atoms with E-state index in [-0.39, 0.29) is 24.2 Å². The van der Waals surface area contributed by atoms with Gasteiger partial charge in [-0.1, -0.05) is 0 Å². The fourth-order valence-corrected chi connectivity index (χ4v) is 1.39.